The Kier molecular flexibility index (Phi) is 11.0. The van der Waals surface area contributed by atoms with Crippen molar-refractivity contribution in [3.63, 3.8) is 0 Å². The number of aliphatic hydroxyl groups excluding tert-OH is 1. The molecule has 4 rings (SSSR count). The smallest absolute Gasteiger partial charge is 0.258 e. The average Bonchev–Trinajstić information content (AvgIpc) is 3.42. The number of rotatable bonds is 7. The zero-order valence-electron chi connectivity index (χ0n) is 25.4. The van der Waals surface area contributed by atoms with Crippen LogP contribution in [0.25, 0.3) is 10.2 Å². The fourth-order valence-electron chi connectivity index (χ4n) is 5.33. The number of likely N-dealkylation sites (N-methyl/N-ethyl adjacent to an activating group) is 1. The average molecular weight is 583 g/mol. The Morgan fingerprint density at radius 1 is 1.15 bits per heavy atom. The van der Waals surface area contributed by atoms with Crippen molar-refractivity contribution < 1.29 is 19.4 Å². The third kappa shape index (κ3) is 8.19. The molecule has 8 nitrogen and oxygen atoms in total. The molecule has 0 aliphatic carbocycles. The third-order valence-electron chi connectivity index (χ3n) is 7.89. The van der Waals surface area contributed by atoms with Gasteiger partial charge >= 0.3 is 0 Å². The number of thiazole rings is 1. The molecule has 0 spiro atoms. The molecule has 4 atom stereocenters. The van der Waals surface area contributed by atoms with Crippen LogP contribution in [0.2, 0.25) is 0 Å². The molecule has 1 aliphatic heterocycles. The fourth-order valence-corrected chi connectivity index (χ4v) is 6.07. The molecule has 41 heavy (non-hydrogen) atoms. The van der Waals surface area contributed by atoms with Crippen LogP contribution in [0.15, 0.2) is 41.9 Å². The maximum Gasteiger partial charge on any atom is 0.258 e. The molecule has 0 fully saturated rings. The molecular weight excluding hydrogens is 536 g/mol. The largest absolute Gasteiger partial charge is 0.490 e. The Labute approximate surface area is 248 Å². The molecule has 2 aromatic carbocycles. The summed E-state index contributed by atoms with van der Waals surface area (Å²) in [6.07, 6.45) is 2.71. The Morgan fingerprint density at radius 3 is 2.71 bits per heavy atom. The Morgan fingerprint density at radius 2 is 1.95 bits per heavy atom. The first kappa shape index (κ1) is 31.2. The molecule has 0 bridgehead atoms. The predicted molar refractivity (Wildman–Crippen MR) is 167 cm³/mol. The summed E-state index contributed by atoms with van der Waals surface area (Å²) in [5.74, 6) is 0.507. The number of anilines is 1. The Bertz CT molecular complexity index is 1280. The number of benzene rings is 2. The first-order chi connectivity index (χ1) is 19.7. The molecule has 1 aliphatic rings. The molecule has 0 saturated heterocycles. The fraction of sp³-hybridized carbons (Fsp3) is 0.562. The first-order valence-corrected chi connectivity index (χ1v) is 15.6. The van der Waals surface area contributed by atoms with Crippen LogP contribution in [-0.2, 0) is 11.3 Å². The number of aromatic nitrogens is 1. The summed E-state index contributed by atoms with van der Waals surface area (Å²) >= 11 is 1.66. The van der Waals surface area contributed by atoms with Gasteiger partial charge in [0.15, 0.2) is 0 Å². The van der Waals surface area contributed by atoms with E-state index in [1.54, 1.807) is 16.2 Å². The molecule has 0 unspecified atom stereocenters. The minimum atomic E-state index is -0.351. The lowest BCUT2D eigenvalue weighted by Crippen LogP contribution is -2.47. The lowest BCUT2D eigenvalue weighted by molar-refractivity contribution is -0.0177. The molecule has 0 radical (unpaired) electrons. The second-order valence-corrected chi connectivity index (χ2v) is 12.6. The van der Waals surface area contributed by atoms with E-state index in [1.165, 1.54) is 10.3 Å². The highest BCUT2D eigenvalue weighted by molar-refractivity contribution is 7.16. The van der Waals surface area contributed by atoms with Gasteiger partial charge in [-0.2, -0.15) is 0 Å². The molecular formula is C32H46N4O4S. The summed E-state index contributed by atoms with van der Waals surface area (Å²) in [6.45, 7) is 8.63. The minimum absolute atomic E-state index is 0.0323. The number of aliphatic hydroxyl groups is 1. The van der Waals surface area contributed by atoms with E-state index in [2.05, 4.69) is 49.0 Å². The van der Waals surface area contributed by atoms with Crippen LogP contribution in [0.3, 0.4) is 0 Å². The second kappa shape index (κ2) is 14.4. The number of ether oxygens (including phenoxy) is 2. The van der Waals surface area contributed by atoms with Crippen LogP contribution in [0, 0.1) is 5.92 Å². The van der Waals surface area contributed by atoms with Crippen molar-refractivity contribution in [2.24, 2.45) is 5.92 Å². The van der Waals surface area contributed by atoms with Crippen LogP contribution < -0.4 is 9.64 Å². The monoisotopic (exact) mass is 582 g/mol. The van der Waals surface area contributed by atoms with Crippen LogP contribution in [0.1, 0.15) is 56.0 Å². The van der Waals surface area contributed by atoms with E-state index in [1.807, 2.05) is 49.6 Å². The highest BCUT2D eigenvalue weighted by Gasteiger charge is 2.30. The predicted octanol–water partition coefficient (Wildman–Crippen LogP) is 5.29. The van der Waals surface area contributed by atoms with Gasteiger partial charge in [0.2, 0.25) is 0 Å². The van der Waals surface area contributed by atoms with Crippen molar-refractivity contribution in [1.29, 1.82) is 0 Å². The zero-order chi connectivity index (χ0) is 29.5. The molecule has 1 amide bonds. The van der Waals surface area contributed by atoms with Crippen molar-refractivity contribution >= 4 is 33.1 Å². The minimum Gasteiger partial charge on any atom is -0.490 e. The number of nitrogens with zero attached hydrogens (tertiary/aromatic N) is 4. The number of amides is 1. The molecule has 0 saturated carbocycles. The zero-order valence-corrected chi connectivity index (χ0v) is 26.2. The normalized spacial score (nSPS) is 21.8. The molecule has 1 N–H and O–H groups in total. The lowest BCUT2D eigenvalue weighted by atomic mass is 10.0. The van der Waals surface area contributed by atoms with Crippen LogP contribution in [0.5, 0.6) is 5.75 Å². The van der Waals surface area contributed by atoms with Crippen LogP contribution >= 0.6 is 11.3 Å². The quantitative estimate of drug-likeness (QED) is 0.406. The van der Waals surface area contributed by atoms with Gasteiger partial charge in [0.05, 0.1) is 46.1 Å². The summed E-state index contributed by atoms with van der Waals surface area (Å²) in [7, 11) is 6.04. The van der Waals surface area contributed by atoms with Gasteiger partial charge in [-0.3, -0.25) is 9.69 Å². The van der Waals surface area contributed by atoms with Gasteiger partial charge in [-0.25, -0.2) is 4.98 Å². The summed E-state index contributed by atoms with van der Waals surface area (Å²) in [4.78, 5) is 24.6. The van der Waals surface area contributed by atoms with Gasteiger partial charge in [0.1, 0.15) is 5.75 Å². The van der Waals surface area contributed by atoms with E-state index in [0.29, 0.717) is 24.5 Å². The highest BCUT2D eigenvalue weighted by atomic mass is 32.1. The van der Waals surface area contributed by atoms with Gasteiger partial charge in [-0.05, 0) is 76.1 Å². The third-order valence-corrected chi connectivity index (χ3v) is 8.68. The van der Waals surface area contributed by atoms with Crippen molar-refractivity contribution in [3.05, 3.63) is 53.0 Å². The Hall–Kier alpha value is -2.72. The van der Waals surface area contributed by atoms with Gasteiger partial charge in [-0.15, -0.1) is 11.3 Å². The molecule has 2 heterocycles. The van der Waals surface area contributed by atoms with Gasteiger partial charge < -0.3 is 24.4 Å². The molecule has 3 aromatic rings. The SMILES string of the molecule is C[C@@H]1CCCCO[C@@H](CN(C)Cc2ccc3ncsc3c2)[C@H](C)CN([C@@H](C)CO)C(=O)c2cc(N(C)C)ccc2O1. The van der Waals surface area contributed by atoms with Crippen LogP contribution in [0.4, 0.5) is 5.69 Å². The standard InChI is InChI=1S/C32H46N4O4S/c1-22-17-36(23(2)20-37)32(38)27-16-26(34(4)5)11-13-29(27)40-24(3)9-7-8-14-39-30(22)19-35(6)18-25-10-12-28-31(15-25)41-21-33-28/h10-13,15-16,21-24,30,37H,7-9,14,17-20H2,1-6H3/t22-,23+,24-,30+/m1/s1. The first-order valence-electron chi connectivity index (χ1n) is 14.7. The van der Waals surface area contributed by atoms with Crippen LogP contribution in [-0.4, -0.2) is 91.5 Å². The van der Waals surface area contributed by atoms with E-state index >= 15 is 0 Å². The summed E-state index contributed by atoms with van der Waals surface area (Å²) in [5, 5.41) is 10.2. The second-order valence-electron chi connectivity index (χ2n) is 11.7. The van der Waals surface area contributed by atoms with E-state index < -0.39 is 0 Å². The van der Waals surface area contributed by atoms with E-state index in [-0.39, 0.29) is 36.7 Å². The van der Waals surface area contributed by atoms with E-state index in [4.69, 9.17) is 9.47 Å². The lowest BCUT2D eigenvalue weighted by Gasteiger charge is -2.36. The van der Waals surface area contributed by atoms with Crippen molar-refractivity contribution in [2.45, 2.75) is 64.8 Å². The topological polar surface area (TPSA) is 78.4 Å². The highest BCUT2D eigenvalue weighted by Crippen LogP contribution is 2.29. The summed E-state index contributed by atoms with van der Waals surface area (Å²) < 4.78 is 14.0. The Balaban J connectivity index is 1.58. The van der Waals surface area contributed by atoms with Gasteiger partial charge in [0.25, 0.3) is 5.91 Å². The number of fused-ring (bicyclic) bond motifs is 2. The number of hydrogen-bond acceptors (Lipinski definition) is 8. The maximum absolute atomic E-state index is 14.1. The van der Waals surface area contributed by atoms with Crippen molar-refractivity contribution in [2.75, 3.05) is 52.3 Å². The molecule has 1 aromatic heterocycles. The van der Waals surface area contributed by atoms with E-state index in [9.17, 15) is 9.90 Å². The van der Waals surface area contributed by atoms with Gasteiger partial charge in [0, 0.05) is 51.9 Å². The van der Waals surface area contributed by atoms with Crippen molar-refractivity contribution in [1.82, 2.24) is 14.8 Å². The number of carbonyl (C=O) groups is 1. The number of hydrogen-bond donors (Lipinski definition) is 1. The molecule has 224 valence electrons. The summed E-state index contributed by atoms with van der Waals surface area (Å²) in [5.41, 5.74) is 5.62. The number of carbonyl (C=O) groups excluding carboxylic acids is 1. The van der Waals surface area contributed by atoms with Crippen molar-refractivity contribution in [3.8, 4) is 5.75 Å². The van der Waals surface area contributed by atoms with Gasteiger partial charge in [-0.1, -0.05) is 13.0 Å². The maximum atomic E-state index is 14.1. The summed E-state index contributed by atoms with van der Waals surface area (Å²) in [6, 6.07) is 11.9. The van der Waals surface area contributed by atoms with E-state index in [0.717, 1.165) is 43.6 Å². The molecule has 9 heteroatoms.